The van der Waals surface area contributed by atoms with Crippen molar-refractivity contribution in [2.75, 3.05) is 0 Å². The Bertz CT molecular complexity index is 486. The lowest BCUT2D eigenvalue weighted by Gasteiger charge is -2.03. The molecule has 15 heavy (non-hydrogen) atoms. The molecule has 2 aromatic rings. The first-order chi connectivity index (χ1) is 7.20. The first kappa shape index (κ1) is 9.65. The van der Waals surface area contributed by atoms with E-state index < -0.39 is 0 Å². The Hall–Kier alpha value is -1.90. The van der Waals surface area contributed by atoms with Gasteiger partial charge in [0.2, 0.25) is 0 Å². The molecule has 0 fully saturated rings. The number of aromatic nitrogens is 2. The van der Waals surface area contributed by atoms with Crippen LogP contribution in [-0.4, -0.2) is 15.3 Å². The molecule has 0 N–H and O–H groups in total. The zero-order chi connectivity index (χ0) is 10.8. The van der Waals surface area contributed by atoms with E-state index in [0.717, 1.165) is 11.4 Å². The van der Waals surface area contributed by atoms with Gasteiger partial charge in [-0.2, -0.15) is 0 Å². The molecule has 2 rings (SSSR count). The summed E-state index contributed by atoms with van der Waals surface area (Å²) in [4.78, 5) is 15.5. The lowest BCUT2D eigenvalue weighted by atomic mass is 10.2. The number of imidazole rings is 1. The molecule has 0 saturated heterocycles. The van der Waals surface area contributed by atoms with Gasteiger partial charge >= 0.3 is 0 Å². The zero-order valence-corrected chi connectivity index (χ0v) is 8.77. The Morgan fingerprint density at radius 2 is 1.93 bits per heavy atom. The number of carbonyl (C=O) groups excluding carboxylic acids is 1. The predicted molar refractivity (Wildman–Crippen MR) is 58.6 cm³/mol. The topological polar surface area (TPSA) is 34.9 Å². The minimum absolute atomic E-state index is 0.0344. The van der Waals surface area contributed by atoms with Gasteiger partial charge in [0.05, 0.1) is 6.20 Å². The van der Waals surface area contributed by atoms with Crippen LogP contribution in [0.2, 0.25) is 0 Å². The zero-order valence-electron chi connectivity index (χ0n) is 8.77. The lowest BCUT2D eigenvalue weighted by Crippen LogP contribution is -2.02. The van der Waals surface area contributed by atoms with Gasteiger partial charge in [-0.15, -0.1) is 0 Å². The summed E-state index contributed by atoms with van der Waals surface area (Å²) in [5.74, 6) is 0.855. The van der Waals surface area contributed by atoms with Crippen molar-refractivity contribution in [1.29, 1.82) is 0 Å². The van der Waals surface area contributed by atoms with Crippen LogP contribution >= 0.6 is 0 Å². The Kier molecular flexibility index (Phi) is 2.37. The minimum Gasteiger partial charge on any atom is -0.325 e. The van der Waals surface area contributed by atoms with E-state index >= 15 is 0 Å². The molecule has 0 aliphatic rings. The van der Waals surface area contributed by atoms with Crippen LogP contribution in [-0.2, 0) is 7.05 Å². The summed E-state index contributed by atoms with van der Waals surface area (Å²) < 4.78 is 1.82. The number of rotatable bonds is 2. The normalized spacial score (nSPS) is 10.3. The van der Waals surface area contributed by atoms with Crippen molar-refractivity contribution >= 4 is 5.78 Å². The minimum atomic E-state index is 0.0344. The van der Waals surface area contributed by atoms with Gasteiger partial charge in [0.15, 0.2) is 5.78 Å². The van der Waals surface area contributed by atoms with Crippen molar-refractivity contribution in [2.24, 2.45) is 7.05 Å². The Balaban J connectivity index is 2.52. The SMILES string of the molecule is CC(=O)c1cnc(-c2ccccc2)n1C. The molecular formula is C12H12N2O. The van der Waals surface area contributed by atoms with Crippen LogP contribution in [0.15, 0.2) is 36.5 Å². The molecule has 3 heteroatoms. The first-order valence-corrected chi connectivity index (χ1v) is 4.78. The van der Waals surface area contributed by atoms with Crippen LogP contribution in [0.4, 0.5) is 0 Å². The molecule has 0 spiro atoms. The van der Waals surface area contributed by atoms with E-state index in [2.05, 4.69) is 4.98 Å². The van der Waals surface area contributed by atoms with Crippen LogP contribution in [0, 0.1) is 0 Å². The van der Waals surface area contributed by atoms with E-state index in [-0.39, 0.29) is 5.78 Å². The van der Waals surface area contributed by atoms with E-state index in [1.54, 1.807) is 13.1 Å². The number of ketones is 1. The summed E-state index contributed by atoms with van der Waals surface area (Å²) >= 11 is 0. The first-order valence-electron chi connectivity index (χ1n) is 4.78. The highest BCUT2D eigenvalue weighted by molar-refractivity contribution is 5.92. The van der Waals surface area contributed by atoms with E-state index in [1.807, 2.05) is 41.9 Å². The standard InChI is InChI=1S/C12H12N2O/c1-9(15)11-8-13-12(14(11)2)10-6-4-3-5-7-10/h3-8H,1-2H3. The molecule has 0 aliphatic heterocycles. The van der Waals surface area contributed by atoms with E-state index in [0.29, 0.717) is 5.69 Å². The van der Waals surface area contributed by atoms with Crippen molar-refractivity contribution in [1.82, 2.24) is 9.55 Å². The summed E-state index contributed by atoms with van der Waals surface area (Å²) in [5.41, 5.74) is 1.65. The highest BCUT2D eigenvalue weighted by atomic mass is 16.1. The molecule has 0 bridgehead atoms. The Morgan fingerprint density at radius 1 is 1.27 bits per heavy atom. The molecule has 0 aliphatic carbocycles. The summed E-state index contributed by atoms with van der Waals surface area (Å²) in [6.45, 7) is 1.55. The second-order valence-electron chi connectivity index (χ2n) is 3.45. The molecule has 1 heterocycles. The van der Waals surface area contributed by atoms with Gasteiger partial charge in [0, 0.05) is 19.5 Å². The Labute approximate surface area is 88.4 Å². The number of nitrogens with zero attached hydrogens (tertiary/aromatic N) is 2. The van der Waals surface area contributed by atoms with Crippen LogP contribution in [0.25, 0.3) is 11.4 Å². The van der Waals surface area contributed by atoms with Gasteiger partial charge in [0.25, 0.3) is 0 Å². The van der Waals surface area contributed by atoms with Crippen LogP contribution in [0.5, 0.6) is 0 Å². The molecule has 0 atom stereocenters. The monoisotopic (exact) mass is 200 g/mol. The molecular weight excluding hydrogens is 188 g/mol. The maximum atomic E-state index is 11.3. The molecule has 3 nitrogen and oxygen atoms in total. The fourth-order valence-corrected chi connectivity index (χ4v) is 1.59. The van der Waals surface area contributed by atoms with Crippen LogP contribution < -0.4 is 0 Å². The molecule has 1 aromatic heterocycles. The second kappa shape index (κ2) is 3.69. The van der Waals surface area contributed by atoms with E-state index in [4.69, 9.17) is 0 Å². The van der Waals surface area contributed by atoms with E-state index in [1.165, 1.54) is 0 Å². The van der Waals surface area contributed by atoms with Crippen molar-refractivity contribution in [3.05, 3.63) is 42.2 Å². The molecule has 76 valence electrons. The lowest BCUT2D eigenvalue weighted by molar-refractivity contribution is 0.101. The summed E-state index contributed by atoms with van der Waals surface area (Å²) in [7, 11) is 1.85. The largest absolute Gasteiger partial charge is 0.325 e. The average Bonchev–Trinajstić information content (AvgIpc) is 2.61. The highest BCUT2D eigenvalue weighted by Gasteiger charge is 2.10. The molecule has 0 amide bonds. The van der Waals surface area contributed by atoms with Gasteiger partial charge < -0.3 is 4.57 Å². The maximum Gasteiger partial charge on any atom is 0.177 e. The molecule has 0 radical (unpaired) electrons. The summed E-state index contributed by atoms with van der Waals surface area (Å²) in [6, 6.07) is 9.83. The number of hydrogen-bond acceptors (Lipinski definition) is 2. The van der Waals surface area contributed by atoms with Crippen molar-refractivity contribution in [2.45, 2.75) is 6.92 Å². The van der Waals surface area contributed by atoms with Gasteiger partial charge in [-0.25, -0.2) is 4.98 Å². The summed E-state index contributed by atoms with van der Waals surface area (Å²) in [6.07, 6.45) is 1.62. The number of carbonyl (C=O) groups is 1. The predicted octanol–water partition coefficient (Wildman–Crippen LogP) is 2.29. The van der Waals surface area contributed by atoms with Crippen molar-refractivity contribution < 1.29 is 4.79 Å². The fourth-order valence-electron chi connectivity index (χ4n) is 1.59. The quantitative estimate of drug-likeness (QED) is 0.697. The second-order valence-corrected chi connectivity index (χ2v) is 3.45. The smallest absolute Gasteiger partial charge is 0.177 e. The average molecular weight is 200 g/mol. The van der Waals surface area contributed by atoms with Gasteiger partial charge in [-0.3, -0.25) is 4.79 Å². The number of hydrogen-bond donors (Lipinski definition) is 0. The van der Waals surface area contributed by atoms with Gasteiger partial charge in [0.1, 0.15) is 11.5 Å². The summed E-state index contributed by atoms with van der Waals surface area (Å²) in [5, 5.41) is 0. The van der Waals surface area contributed by atoms with Gasteiger partial charge in [-0.05, 0) is 0 Å². The molecule has 0 unspecified atom stereocenters. The van der Waals surface area contributed by atoms with Gasteiger partial charge in [-0.1, -0.05) is 30.3 Å². The fraction of sp³-hybridized carbons (Fsp3) is 0.167. The Morgan fingerprint density at radius 3 is 2.47 bits per heavy atom. The molecule has 1 aromatic carbocycles. The third kappa shape index (κ3) is 1.68. The van der Waals surface area contributed by atoms with Crippen LogP contribution in [0.3, 0.4) is 0 Å². The van der Waals surface area contributed by atoms with Crippen molar-refractivity contribution in [3.8, 4) is 11.4 Å². The van der Waals surface area contributed by atoms with Crippen LogP contribution in [0.1, 0.15) is 17.4 Å². The molecule has 0 saturated carbocycles. The van der Waals surface area contributed by atoms with E-state index in [9.17, 15) is 4.79 Å². The van der Waals surface area contributed by atoms with Crippen molar-refractivity contribution in [3.63, 3.8) is 0 Å². The third-order valence-corrected chi connectivity index (χ3v) is 2.38. The number of benzene rings is 1. The maximum absolute atomic E-state index is 11.3. The highest BCUT2D eigenvalue weighted by Crippen LogP contribution is 2.17. The third-order valence-electron chi connectivity index (χ3n) is 2.38. The number of Topliss-reactive ketones (excluding diaryl/α,β-unsaturated/α-hetero) is 1.